The lowest BCUT2D eigenvalue weighted by molar-refractivity contribution is 1.22. The number of fused-ring (bicyclic) bond motifs is 1. The number of hydrogen-bond donors (Lipinski definition) is 1. The van der Waals surface area contributed by atoms with Gasteiger partial charge in [0, 0.05) is 17.1 Å². The van der Waals surface area contributed by atoms with Crippen molar-refractivity contribution in [3.8, 4) is 0 Å². The predicted molar refractivity (Wildman–Crippen MR) is 52.1 cm³/mol. The Bertz CT molecular complexity index is 518. The van der Waals surface area contributed by atoms with Crippen LogP contribution >= 0.6 is 11.6 Å². The van der Waals surface area contributed by atoms with Crippen LogP contribution in [-0.2, 0) is 0 Å². The maximum absolute atomic E-state index is 11.2. The molecule has 0 aliphatic heterocycles. The van der Waals surface area contributed by atoms with Crippen molar-refractivity contribution in [2.75, 3.05) is 0 Å². The summed E-state index contributed by atoms with van der Waals surface area (Å²) in [7, 11) is 0. The minimum absolute atomic E-state index is 0.0882. The Morgan fingerprint density at radius 2 is 2.31 bits per heavy atom. The number of rotatable bonds is 0. The van der Waals surface area contributed by atoms with Crippen LogP contribution in [0.1, 0.15) is 5.56 Å². The number of pyridine rings is 2. The maximum atomic E-state index is 11.2. The van der Waals surface area contributed by atoms with E-state index in [0.717, 1.165) is 10.9 Å². The summed E-state index contributed by atoms with van der Waals surface area (Å²) in [6.45, 7) is 1.74. The van der Waals surface area contributed by atoms with Gasteiger partial charge in [-0.1, -0.05) is 11.6 Å². The number of aromatic nitrogens is 2. The normalized spacial score (nSPS) is 10.6. The fraction of sp³-hybridized carbons (Fsp3) is 0.111. The number of halogens is 1. The third-order valence-corrected chi connectivity index (χ3v) is 2.21. The van der Waals surface area contributed by atoms with Crippen molar-refractivity contribution in [3.05, 3.63) is 39.4 Å². The molecule has 0 amide bonds. The monoisotopic (exact) mass is 194 g/mol. The molecule has 1 N–H and O–H groups in total. The highest BCUT2D eigenvalue weighted by molar-refractivity contribution is 6.34. The summed E-state index contributed by atoms with van der Waals surface area (Å²) in [4.78, 5) is 17.9. The van der Waals surface area contributed by atoms with Crippen LogP contribution in [0.5, 0.6) is 0 Å². The Hall–Kier alpha value is -1.35. The van der Waals surface area contributed by atoms with Crippen LogP contribution in [0.3, 0.4) is 0 Å². The fourth-order valence-electron chi connectivity index (χ4n) is 1.20. The molecule has 0 aliphatic carbocycles. The minimum Gasteiger partial charge on any atom is -0.322 e. The standard InChI is InChI=1S/C9H7ClN2O/c1-5-4-6-7(12-9(5)13)2-3-11-8(6)10/h2-4H,1H3,(H,12,13). The van der Waals surface area contributed by atoms with Crippen LogP contribution in [0.15, 0.2) is 23.1 Å². The molecular formula is C9H7ClN2O. The van der Waals surface area contributed by atoms with E-state index in [0.29, 0.717) is 10.7 Å². The second-order valence-electron chi connectivity index (χ2n) is 2.84. The van der Waals surface area contributed by atoms with Gasteiger partial charge < -0.3 is 4.98 Å². The van der Waals surface area contributed by atoms with Crippen molar-refractivity contribution in [2.45, 2.75) is 6.92 Å². The summed E-state index contributed by atoms with van der Waals surface area (Å²) in [5.74, 6) is 0. The van der Waals surface area contributed by atoms with E-state index in [-0.39, 0.29) is 5.56 Å². The molecule has 4 heteroatoms. The van der Waals surface area contributed by atoms with Crippen LogP contribution in [0.2, 0.25) is 5.15 Å². The highest BCUT2D eigenvalue weighted by Gasteiger charge is 2.01. The lowest BCUT2D eigenvalue weighted by atomic mass is 10.2. The van der Waals surface area contributed by atoms with Crippen LogP contribution in [0.4, 0.5) is 0 Å². The van der Waals surface area contributed by atoms with Crippen LogP contribution in [-0.4, -0.2) is 9.97 Å². The first-order valence-corrected chi connectivity index (χ1v) is 4.20. The molecule has 0 saturated carbocycles. The second-order valence-corrected chi connectivity index (χ2v) is 3.20. The van der Waals surface area contributed by atoms with Crippen molar-refractivity contribution in [1.82, 2.24) is 9.97 Å². The van der Waals surface area contributed by atoms with Gasteiger partial charge in [-0.15, -0.1) is 0 Å². The SMILES string of the molecule is Cc1cc2c(Cl)nccc2[nH]c1=O. The maximum Gasteiger partial charge on any atom is 0.251 e. The zero-order chi connectivity index (χ0) is 9.42. The molecule has 3 nitrogen and oxygen atoms in total. The van der Waals surface area contributed by atoms with E-state index in [2.05, 4.69) is 9.97 Å². The Morgan fingerprint density at radius 3 is 3.08 bits per heavy atom. The first-order chi connectivity index (χ1) is 6.18. The third-order valence-electron chi connectivity index (χ3n) is 1.91. The van der Waals surface area contributed by atoms with E-state index in [1.54, 1.807) is 25.3 Å². The zero-order valence-electron chi connectivity index (χ0n) is 6.97. The molecule has 0 fully saturated rings. The Labute approximate surface area is 79.4 Å². The average Bonchev–Trinajstić information content (AvgIpc) is 2.09. The fourth-order valence-corrected chi connectivity index (χ4v) is 1.41. The summed E-state index contributed by atoms with van der Waals surface area (Å²) in [5, 5.41) is 1.19. The van der Waals surface area contributed by atoms with Gasteiger partial charge in [0.15, 0.2) is 0 Å². The van der Waals surface area contributed by atoms with Crippen molar-refractivity contribution in [1.29, 1.82) is 0 Å². The number of aryl methyl sites for hydroxylation is 1. The van der Waals surface area contributed by atoms with E-state index in [1.807, 2.05) is 0 Å². The van der Waals surface area contributed by atoms with Gasteiger partial charge in [0.25, 0.3) is 5.56 Å². The van der Waals surface area contributed by atoms with Gasteiger partial charge in [-0.05, 0) is 19.1 Å². The van der Waals surface area contributed by atoms with E-state index >= 15 is 0 Å². The molecule has 0 bridgehead atoms. The molecule has 0 aliphatic rings. The molecule has 0 saturated heterocycles. The van der Waals surface area contributed by atoms with E-state index < -0.39 is 0 Å². The van der Waals surface area contributed by atoms with Gasteiger partial charge in [0.1, 0.15) is 5.15 Å². The molecular weight excluding hydrogens is 188 g/mol. The molecule has 2 rings (SSSR count). The Kier molecular flexibility index (Phi) is 1.81. The number of nitrogens with one attached hydrogen (secondary N) is 1. The highest BCUT2D eigenvalue weighted by Crippen LogP contribution is 2.17. The predicted octanol–water partition coefficient (Wildman–Crippen LogP) is 1.88. The van der Waals surface area contributed by atoms with Gasteiger partial charge in [-0.2, -0.15) is 0 Å². The van der Waals surface area contributed by atoms with Crippen molar-refractivity contribution < 1.29 is 0 Å². The van der Waals surface area contributed by atoms with Crippen LogP contribution < -0.4 is 5.56 Å². The van der Waals surface area contributed by atoms with Crippen molar-refractivity contribution in [2.24, 2.45) is 0 Å². The summed E-state index contributed by atoms with van der Waals surface area (Å²) in [5.41, 5.74) is 1.27. The third kappa shape index (κ3) is 1.31. The molecule has 0 unspecified atom stereocenters. The van der Waals surface area contributed by atoms with Crippen molar-refractivity contribution >= 4 is 22.5 Å². The van der Waals surface area contributed by atoms with Gasteiger partial charge in [-0.3, -0.25) is 4.79 Å². The highest BCUT2D eigenvalue weighted by atomic mass is 35.5. The topological polar surface area (TPSA) is 45.8 Å². The number of nitrogens with zero attached hydrogens (tertiary/aromatic N) is 1. The minimum atomic E-state index is -0.0882. The van der Waals surface area contributed by atoms with Gasteiger partial charge in [0.05, 0.1) is 5.52 Å². The van der Waals surface area contributed by atoms with E-state index in [4.69, 9.17) is 11.6 Å². The molecule has 0 radical (unpaired) electrons. The largest absolute Gasteiger partial charge is 0.322 e. The molecule has 66 valence electrons. The smallest absolute Gasteiger partial charge is 0.251 e. The summed E-state index contributed by atoms with van der Waals surface area (Å²) in [6.07, 6.45) is 1.57. The molecule has 13 heavy (non-hydrogen) atoms. The van der Waals surface area contributed by atoms with Gasteiger partial charge >= 0.3 is 0 Å². The zero-order valence-corrected chi connectivity index (χ0v) is 7.72. The second kappa shape index (κ2) is 2.85. The number of hydrogen-bond acceptors (Lipinski definition) is 2. The lowest BCUT2D eigenvalue weighted by Gasteiger charge is -1.99. The number of H-pyrrole nitrogens is 1. The first kappa shape index (κ1) is 8.26. The molecule has 0 aromatic carbocycles. The lowest BCUT2D eigenvalue weighted by Crippen LogP contribution is -2.08. The summed E-state index contributed by atoms with van der Waals surface area (Å²) in [6, 6.07) is 3.46. The molecule has 2 heterocycles. The Morgan fingerprint density at radius 1 is 1.54 bits per heavy atom. The molecule has 2 aromatic rings. The summed E-state index contributed by atoms with van der Waals surface area (Å²) < 4.78 is 0. The first-order valence-electron chi connectivity index (χ1n) is 3.82. The molecule has 0 spiro atoms. The summed E-state index contributed by atoms with van der Waals surface area (Å²) >= 11 is 5.85. The van der Waals surface area contributed by atoms with Crippen LogP contribution in [0.25, 0.3) is 10.9 Å². The molecule has 0 atom stereocenters. The van der Waals surface area contributed by atoms with Crippen molar-refractivity contribution in [3.63, 3.8) is 0 Å². The van der Waals surface area contributed by atoms with E-state index in [9.17, 15) is 4.79 Å². The quantitative estimate of drug-likeness (QED) is 0.651. The van der Waals surface area contributed by atoms with Gasteiger partial charge in [0.2, 0.25) is 0 Å². The average molecular weight is 195 g/mol. The molecule has 2 aromatic heterocycles. The Balaban J connectivity index is 2.97. The van der Waals surface area contributed by atoms with E-state index in [1.165, 1.54) is 0 Å². The number of aromatic amines is 1. The van der Waals surface area contributed by atoms with Gasteiger partial charge in [-0.25, -0.2) is 4.98 Å². The van der Waals surface area contributed by atoms with Crippen LogP contribution in [0, 0.1) is 6.92 Å².